The third-order valence-corrected chi connectivity index (χ3v) is 5.01. The molecule has 0 atom stereocenters. The zero-order chi connectivity index (χ0) is 26.7. The van der Waals surface area contributed by atoms with Crippen LogP contribution in [0.4, 0.5) is 22.7 Å². The second-order valence-corrected chi connectivity index (χ2v) is 7.28. The number of rotatable bonds is 7. The van der Waals surface area contributed by atoms with Crippen molar-refractivity contribution in [3.05, 3.63) is 113 Å². The van der Waals surface area contributed by atoms with Crippen molar-refractivity contribution in [1.82, 2.24) is 0 Å². The third-order valence-electron chi connectivity index (χ3n) is 5.01. The molecule has 0 heterocycles. The Morgan fingerprint density at radius 2 is 1.25 bits per heavy atom. The van der Waals surface area contributed by atoms with Gasteiger partial charge >= 0.3 is 5.97 Å². The number of nitro groups is 3. The molecule has 14 heteroatoms. The zero-order valence-corrected chi connectivity index (χ0v) is 18.2. The number of carboxylic acids is 1. The van der Waals surface area contributed by atoms with E-state index < -0.39 is 66.3 Å². The van der Waals surface area contributed by atoms with E-state index in [0.29, 0.717) is 23.1 Å². The Kier molecular flexibility index (Phi) is 6.81. The first kappa shape index (κ1) is 25.1. The van der Waals surface area contributed by atoms with Crippen molar-refractivity contribution in [2.24, 2.45) is 0 Å². The van der Waals surface area contributed by atoms with Crippen LogP contribution in [0.25, 0.3) is 0 Å². The first-order valence-corrected chi connectivity index (χ1v) is 9.82. The van der Waals surface area contributed by atoms with Crippen molar-refractivity contribution in [1.29, 1.82) is 0 Å². The molecule has 0 saturated heterocycles. The van der Waals surface area contributed by atoms with E-state index in [1.807, 2.05) is 0 Å². The Morgan fingerprint density at radius 3 is 1.75 bits per heavy atom. The molecule has 0 bridgehead atoms. The summed E-state index contributed by atoms with van der Waals surface area (Å²) in [6.07, 6.45) is 0. The quantitative estimate of drug-likeness (QED) is 0.285. The van der Waals surface area contributed by atoms with Gasteiger partial charge in [0.05, 0.1) is 43.2 Å². The maximum Gasteiger partial charge on any atom is 0.336 e. The van der Waals surface area contributed by atoms with Gasteiger partial charge in [-0.2, -0.15) is 0 Å². The van der Waals surface area contributed by atoms with Gasteiger partial charge in [-0.25, -0.2) is 9.69 Å². The van der Waals surface area contributed by atoms with Gasteiger partial charge in [0, 0.05) is 24.3 Å². The monoisotopic (exact) mass is 494 g/mol. The lowest BCUT2D eigenvalue weighted by Crippen LogP contribution is -2.38. The van der Waals surface area contributed by atoms with E-state index in [-0.39, 0.29) is 11.3 Å². The topological polar surface area (TPSA) is 204 Å². The number of carbonyl (C=O) groups excluding carboxylic acids is 2. The molecule has 3 aromatic carbocycles. The lowest BCUT2D eigenvalue weighted by atomic mass is 10.0. The van der Waals surface area contributed by atoms with Crippen molar-refractivity contribution in [3.63, 3.8) is 0 Å². The van der Waals surface area contributed by atoms with Crippen LogP contribution in [0, 0.1) is 37.3 Å². The van der Waals surface area contributed by atoms with Gasteiger partial charge < -0.3 is 5.11 Å². The zero-order valence-electron chi connectivity index (χ0n) is 18.2. The van der Waals surface area contributed by atoms with Gasteiger partial charge in [0.25, 0.3) is 28.9 Å². The summed E-state index contributed by atoms with van der Waals surface area (Å²) < 4.78 is 0. The molecule has 14 nitrogen and oxygen atoms in total. The number of amides is 2. The highest BCUT2D eigenvalue weighted by atomic mass is 16.6. The van der Waals surface area contributed by atoms with Gasteiger partial charge in [0.2, 0.25) is 0 Å². The number of nitro benzene ring substituents is 3. The van der Waals surface area contributed by atoms with E-state index in [9.17, 15) is 49.8 Å². The summed E-state index contributed by atoms with van der Waals surface area (Å²) in [7, 11) is 0. The first-order valence-electron chi connectivity index (χ1n) is 9.82. The highest BCUT2D eigenvalue weighted by Crippen LogP contribution is 2.31. The summed E-state index contributed by atoms with van der Waals surface area (Å²) >= 11 is 0. The first-order chi connectivity index (χ1) is 16.9. The Bertz CT molecular complexity index is 1430. The van der Waals surface area contributed by atoms with Crippen molar-refractivity contribution >= 4 is 40.5 Å². The van der Waals surface area contributed by atoms with Crippen LogP contribution in [0.5, 0.6) is 0 Å². The molecule has 1 N–H and O–H groups in total. The summed E-state index contributed by atoms with van der Waals surface area (Å²) in [5, 5.41) is 43.4. The van der Waals surface area contributed by atoms with E-state index in [4.69, 9.17) is 0 Å². The molecule has 0 saturated carbocycles. The molecule has 36 heavy (non-hydrogen) atoms. The minimum Gasteiger partial charge on any atom is -0.478 e. The summed E-state index contributed by atoms with van der Waals surface area (Å²) in [5.74, 6) is -4.04. The van der Waals surface area contributed by atoms with E-state index in [1.54, 1.807) is 0 Å². The van der Waals surface area contributed by atoms with Crippen LogP contribution in [0.3, 0.4) is 0 Å². The van der Waals surface area contributed by atoms with E-state index in [0.717, 1.165) is 24.3 Å². The molecular weight excluding hydrogens is 480 g/mol. The Labute approximate surface area is 200 Å². The number of benzene rings is 3. The van der Waals surface area contributed by atoms with Crippen LogP contribution in [0.1, 0.15) is 36.6 Å². The van der Waals surface area contributed by atoms with Crippen LogP contribution in [-0.4, -0.2) is 37.7 Å². The molecule has 0 fully saturated rings. The van der Waals surface area contributed by atoms with Gasteiger partial charge in [-0.15, -0.1) is 0 Å². The number of carbonyl (C=O) groups is 3. The van der Waals surface area contributed by atoms with Gasteiger partial charge in [0.1, 0.15) is 0 Å². The fraction of sp³-hybridized carbons (Fsp3) is 0.0455. The summed E-state index contributed by atoms with van der Waals surface area (Å²) in [6.45, 7) is 1.41. The predicted octanol–water partition coefficient (Wildman–Crippen LogP) is 3.91. The lowest BCUT2D eigenvalue weighted by Gasteiger charge is -2.23. The van der Waals surface area contributed by atoms with Crippen LogP contribution < -0.4 is 4.90 Å². The molecular formula is C22H14N4O10. The maximum absolute atomic E-state index is 13.6. The molecule has 3 rings (SSSR count). The Hall–Kier alpha value is -5.53. The van der Waals surface area contributed by atoms with Crippen LogP contribution in [0.15, 0.2) is 60.7 Å². The normalized spacial score (nSPS) is 10.4. The number of aromatic carboxylic acids is 1. The Balaban J connectivity index is 2.32. The van der Waals surface area contributed by atoms with Crippen molar-refractivity contribution in [3.8, 4) is 0 Å². The summed E-state index contributed by atoms with van der Waals surface area (Å²) in [4.78, 5) is 70.4. The average Bonchev–Trinajstić information content (AvgIpc) is 2.84. The number of carboxylic acid groups (broad SMARTS) is 1. The highest BCUT2D eigenvalue weighted by molar-refractivity contribution is 6.27. The van der Waals surface area contributed by atoms with Gasteiger partial charge in [-0.05, 0) is 24.6 Å². The molecule has 182 valence electrons. The number of anilines is 1. The lowest BCUT2D eigenvalue weighted by molar-refractivity contribution is -0.394. The Morgan fingerprint density at radius 1 is 0.722 bits per heavy atom. The molecule has 0 aliphatic rings. The van der Waals surface area contributed by atoms with Crippen molar-refractivity contribution in [2.45, 2.75) is 6.92 Å². The van der Waals surface area contributed by atoms with Crippen LogP contribution in [-0.2, 0) is 0 Å². The van der Waals surface area contributed by atoms with Crippen molar-refractivity contribution in [2.75, 3.05) is 4.90 Å². The molecule has 2 amide bonds. The predicted molar refractivity (Wildman–Crippen MR) is 122 cm³/mol. The second kappa shape index (κ2) is 9.76. The summed E-state index contributed by atoms with van der Waals surface area (Å²) in [6, 6.07) is 10.1. The molecule has 0 aromatic heterocycles. The minimum absolute atomic E-state index is 0.176. The fourth-order valence-corrected chi connectivity index (χ4v) is 3.30. The molecule has 0 aliphatic carbocycles. The van der Waals surface area contributed by atoms with E-state index in [2.05, 4.69) is 0 Å². The molecule has 0 radical (unpaired) electrons. The minimum atomic E-state index is -1.51. The van der Waals surface area contributed by atoms with E-state index in [1.165, 1.54) is 25.1 Å². The number of imide groups is 1. The smallest absolute Gasteiger partial charge is 0.336 e. The van der Waals surface area contributed by atoms with Crippen molar-refractivity contribution < 1.29 is 34.3 Å². The van der Waals surface area contributed by atoms with Gasteiger partial charge in [0.15, 0.2) is 0 Å². The number of non-ortho nitro benzene ring substituents is 3. The fourth-order valence-electron chi connectivity index (χ4n) is 3.30. The highest BCUT2D eigenvalue weighted by Gasteiger charge is 2.33. The van der Waals surface area contributed by atoms with Gasteiger partial charge in [-0.3, -0.25) is 39.9 Å². The number of hydrogen-bond acceptors (Lipinski definition) is 9. The van der Waals surface area contributed by atoms with Gasteiger partial charge in [-0.1, -0.05) is 18.2 Å². The van der Waals surface area contributed by atoms with Crippen LogP contribution >= 0.6 is 0 Å². The standard InChI is InChI=1S/C22H14N4O10/c1-12-6-7-14(24(31)32)11-19(12)23(21(28)17-4-2-3-5-18(17)22(29)30)20(27)13-8-15(25(33)34)10-16(9-13)26(35)36/h2-11H,1H3,(H,29,30). The molecule has 0 spiro atoms. The average molecular weight is 494 g/mol. The largest absolute Gasteiger partial charge is 0.478 e. The molecule has 3 aromatic rings. The number of nitrogens with zero attached hydrogens (tertiary/aromatic N) is 4. The summed E-state index contributed by atoms with van der Waals surface area (Å²) in [5.41, 5.74) is -3.91. The maximum atomic E-state index is 13.6. The third kappa shape index (κ3) is 4.86. The molecule has 0 unspecified atom stereocenters. The van der Waals surface area contributed by atoms with Crippen LogP contribution in [0.2, 0.25) is 0 Å². The number of hydrogen-bond donors (Lipinski definition) is 1. The molecule has 0 aliphatic heterocycles. The van der Waals surface area contributed by atoms with E-state index >= 15 is 0 Å². The second-order valence-electron chi connectivity index (χ2n) is 7.28. The SMILES string of the molecule is Cc1ccc([N+](=O)[O-])cc1N(C(=O)c1cc([N+](=O)[O-])cc([N+](=O)[O-])c1)C(=O)c1ccccc1C(=O)O. The number of aryl methyl sites for hydroxylation is 1.